The molecule has 0 atom stereocenters. The molecular formula is C8H11NO. The van der Waals surface area contributed by atoms with Crippen molar-refractivity contribution in [2.75, 3.05) is 6.61 Å². The van der Waals surface area contributed by atoms with Gasteiger partial charge in [-0.05, 0) is 18.3 Å². The van der Waals surface area contributed by atoms with E-state index in [1.54, 1.807) is 0 Å². The molecule has 3 aliphatic rings. The largest absolute Gasteiger partial charge is 0.373 e. The molecule has 3 fully saturated rings. The molecule has 0 aromatic rings. The number of nitriles is 1. The number of hydrogen-bond acceptors (Lipinski definition) is 2. The van der Waals surface area contributed by atoms with Crippen molar-refractivity contribution in [1.29, 1.82) is 5.26 Å². The average Bonchev–Trinajstić information content (AvgIpc) is 2.21. The second kappa shape index (κ2) is 1.54. The summed E-state index contributed by atoms with van der Waals surface area (Å²) in [6.07, 6.45) is 2.80. The van der Waals surface area contributed by atoms with Gasteiger partial charge in [0.2, 0.25) is 0 Å². The molecule has 2 bridgehead atoms. The molecule has 0 radical (unpaired) electrons. The van der Waals surface area contributed by atoms with Crippen molar-refractivity contribution >= 4 is 0 Å². The van der Waals surface area contributed by atoms with Crippen molar-refractivity contribution in [2.24, 2.45) is 5.41 Å². The van der Waals surface area contributed by atoms with Crippen molar-refractivity contribution in [1.82, 2.24) is 0 Å². The Kier molecular flexibility index (Phi) is 0.952. The van der Waals surface area contributed by atoms with E-state index >= 15 is 0 Å². The van der Waals surface area contributed by atoms with Gasteiger partial charge in [0, 0.05) is 0 Å². The summed E-state index contributed by atoms with van der Waals surface area (Å²) >= 11 is 0. The summed E-state index contributed by atoms with van der Waals surface area (Å²) in [4.78, 5) is 0. The van der Waals surface area contributed by atoms with Gasteiger partial charge in [-0.25, -0.2) is 0 Å². The van der Waals surface area contributed by atoms with E-state index in [4.69, 9.17) is 10.00 Å². The predicted octanol–water partition coefficient (Wildman–Crippen LogP) is 1.47. The first kappa shape index (κ1) is 6.18. The minimum atomic E-state index is -0.0104. The smallest absolute Gasteiger partial charge is 0.0824 e. The minimum absolute atomic E-state index is 0.0104. The Morgan fingerprint density at radius 1 is 1.60 bits per heavy atom. The van der Waals surface area contributed by atoms with Crippen molar-refractivity contribution in [3.63, 3.8) is 0 Å². The first-order valence-electron chi connectivity index (χ1n) is 3.69. The van der Waals surface area contributed by atoms with E-state index in [2.05, 4.69) is 13.0 Å². The number of fused-ring (bicyclic) bond motifs is 1. The topological polar surface area (TPSA) is 33.0 Å². The fraction of sp³-hybridized carbons (Fsp3) is 0.875. The summed E-state index contributed by atoms with van der Waals surface area (Å²) in [6, 6.07) is 2.18. The maximum Gasteiger partial charge on any atom is 0.0824 e. The van der Waals surface area contributed by atoms with Crippen molar-refractivity contribution < 1.29 is 4.74 Å². The van der Waals surface area contributed by atoms with Crippen LogP contribution in [0.15, 0.2) is 0 Å². The highest BCUT2D eigenvalue weighted by Gasteiger charge is 2.59. The van der Waals surface area contributed by atoms with Crippen molar-refractivity contribution in [2.45, 2.75) is 31.8 Å². The zero-order valence-electron chi connectivity index (χ0n) is 6.18. The molecule has 54 valence electrons. The summed E-state index contributed by atoms with van der Waals surface area (Å²) in [5, 5.41) is 8.47. The van der Waals surface area contributed by atoms with E-state index in [9.17, 15) is 0 Å². The molecule has 0 unspecified atom stereocenters. The lowest BCUT2D eigenvalue weighted by Gasteiger charge is -2.40. The van der Waals surface area contributed by atoms with E-state index < -0.39 is 0 Å². The van der Waals surface area contributed by atoms with Crippen molar-refractivity contribution in [3.05, 3.63) is 0 Å². The molecule has 10 heavy (non-hydrogen) atoms. The van der Waals surface area contributed by atoms with Gasteiger partial charge < -0.3 is 4.74 Å². The lowest BCUT2D eigenvalue weighted by atomic mass is 9.63. The van der Waals surface area contributed by atoms with Gasteiger partial charge in [-0.2, -0.15) is 5.26 Å². The molecule has 2 nitrogen and oxygen atoms in total. The maximum absolute atomic E-state index is 8.47. The molecule has 2 saturated heterocycles. The first-order valence-corrected chi connectivity index (χ1v) is 3.69. The Morgan fingerprint density at radius 3 is 2.70 bits per heavy atom. The monoisotopic (exact) mass is 137 g/mol. The highest BCUT2D eigenvalue weighted by atomic mass is 16.5. The summed E-state index contributed by atoms with van der Waals surface area (Å²) in [5.41, 5.74) is 0.417. The van der Waals surface area contributed by atoms with Gasteiger partial charge in [0.1, 0.15) is 0 Å². The molecule has 0 aromatic heterocycles. The molecule has 2 heteroatoms. The predicted molar refractivity (Wildman–Crippen MR) is 36.3 cm³/mol. The van der Waals surface area contributed by atoms with Gasteiger partial charge in [0.05, 0.1) is 24.7 Å². The first-order chi connectivity index (χ1) is 4.68. The van der Waals surface area contributed by atoms with Crippen LogP contribution >= 0.6 is 0 Å². The van der Waals surface area contributed by atoms with Gasteiger partial charge in [-0.1, -0.05) is 6.92 Å². The van der Waals surface area contributed by atoms with Gasteiger partial charge in [-0.15, -0.1) is 0 Å². The zero-order valence-corrected chi connectivity index (χ0v) is 6.18. The molecule has 2 aliphatic heterocycles. The maximum atomic E-state index is 8.47. The fourth-order valence-electron chi connectivity index (χ4n) is 2.36. The van der Waals surface area contributed by atoms with Crippen molar-refractivity contribution in [3.8, 4) is 6.07 Å². The second-order valence-electron chi connectivity index (χ2n) is 3.97. The van der Waals surface area contributed by atoms with Crippen LogP contribution in [0.2, 0.25) is 0 Å². The van der Waals surface area contributed by atoms with E-state index in [1.165, 1.54) is 0 Å². The summed E-state index contributed by atoms with van der Waals surface area (Å²) in [5.74, 6) is 0. The third kappa shape index (κ3) is 0.615. The Bertz CT molecular complexity index is 198. The lowest BCUT2D eigenvalue weighted by molar-refractivity contribution is -0.00675. The highest BCUT2D eigenvalue weighted by Crippen LogP contribution is 2.58. The summed E-state index contributed by atoms with van der Waals surface area (Å²) in [7, 11) is 0. The van der Waals surface area contributed by atoms with Crippen LogP contribution in [0.5, 0.6) is 0 Å². The van der Waals surface area contributed by atoms with E-state index in [0.29, 0.717) is 11.8 Å². The molecule has 0 N–H and O–H groups in total. The number of nitrogens with zero attached hydrogens (tertiary/aromatic N) is 1. The molecule has 1 saturated carbocycles. The molecule has 1 aliphatic carbocycles. The van der Waals surface area contributed by atoms with Gasteiger partial charge in [0.15, 0.2) is 0 Å². The average molecular weight is 137 g/mol. The van der Waals surface area contributed by atoms with Crippen LogP contribution in [0.3, 0.4) is 0 Å². The van der Waals surface area contributed by atoms with Crippen LogP contribution in [0.25, 0.3) is 0 Å². The van der Waals surface area contributed by atoms with Gasteiger partial charge >= 0.3 is 0 Å². The SMILES string of the molecule is CC12COC(CC#N)(C1)C2. The molecule has 0 spiro atoms. The number of rotatable bonds is 1. The van der Waals surface area contributed by atoms with Crippen LogP contribution in [0.1, 0.15) is 26.2 Å². The fourth-order valence-corrected chi connectivity index (χ4v) is 2.36. The molecular weight excluding hydrogens is 126 g/mol. The zero-order chi connectivity index (χ0) is 7.24. The van der Waals surface area contributed by atoms with Crippen LogP contribution in [0.4, 0.5) is 0 Å². The number of hydrogen-bond donors (Lipinski definition) is 0. The van der Waals surface area contributed by atoms with Gasteiger partial charge in [-0.3, -0.25) is 0 Å². The Balaban J connectivity index is 2.08. The standard InChI is InChI=1S/C8H11NO/c1-7-4-8(5-7,2-3-9)10-6-7/h2,4-6H2,1H3. The van der Waals surface area contributed by atoms with E-state index in [-0.39, 0.29) is 5.60 Å². The Hall–Kier alpha value is -0.550. The molecule has 0 amide bonds. The summed E-state index contributed by atoms with van der Waals surface area (Å²) in [6.45, 7) is 3.10. The minimum Gasteiger partial charge on any atom is -0.373 e. The lowest BCUT2D eigenvalue weighted by Crippen LogP contribution is -2.41. The molecule has 3 rings (SSSR count). The second-order valence-corrected chi connectivity index (χ2v) is 3.97. The summed E-state index contributed by atoms with van der Waals surface area (Å²) < 4.78 is 5.54. The third-order valence-corrected chi connectivity index (χ3v) is 2.63. The highest BCUT2D eigenvalue weighted by molar-refractivity contribution is 5.11. The number of ether oxygens (including phenoxy) is 1. The van der Waals surface area contributed by atoms with Crippen LogP contribution in [0, 0.1) is 16.7 Å². The van der Waals surface area contributed by atoms with E-state index in [1.807, 2.05) is 0 Å². The van der Waals surface area contributed by atoms with Gasteiger partial charge in [0.25, 0.3) is 0 Å². The van der Waals surface area contributed by atoms with Crippen LogP contribution < -0.4 is 0 Å². The molecule has 0 aromatic carbocycles. The Morgan fingerprint density at radius 2 is 2.30 bits per heavy atom. The normalized spacial score (nSPS) is 50.0. The quantitative estimate of drug-likeness (QED) is 0.548. The molecule has 2 heterocycles. The van der Waals surface area contributed by atoms with Crippen LogP contribution in [-0.2, 0) is 4.74 Å². The third-order valence-electron chi connectivity index (χ3n) is 2.63. The van der Waals surface area contributed by atoms with E-state index in [0.717, 1.165) is 19.4 Å². The van der Waals surface area contributed by atoms with Crippen LogP contribution in [-0.4, -0.2) is 12.2 Å². The Labute approximate surface area is 60.8 Å².